The van der Waals surface area contributed by atoms with E-state index < -0.39 is 5.97 Å². The second-order valence-electron chi connectivity index (χ2n) is 4.00. The van der Waals surface area contributed by atoms with Gasteiger partial charge in [-0.15, -0.1) is 5.10 Å². The van der Waals surface area contributed by atoms with Crippen molar-refractivity contribution in [2.75, 3.05) is 0 Å². The van der Waals surface area contributed by atoms with E-state index in [1.807, 2.05) is 37.3 Å². The first-order valence-corrected chi connectivity index (χ1v) is 5.92. The number of carboxylic acid groups (broad SMARTS) is 1. The molecule has 1 aromatic carbocycles. The summed E-state index contributed by atoms with van der Waals surface area (Å²) in [5.74, 6) is -1.02. The molecule has 1 heterocycles. The van der Waals surface area contributed by atoms with Crippen molar-refractivity contribution in [3.63, 3.8) is 0 Å². The molecular weight excluding hydrogens is 230 g/mol. The number of aromatic carboxylic acids is 1. The van der Waals surface area contributed by atoms with Gasteiger partial charge in [-0.05, 0) is 18.4 Å². The van der Waals surface area contributed by atoms with Crippen LogP contribution in [0.1, 0.15) is 28.7 Å². The van der Waals surface area contributed by atoms with Crippen molar-refractivity contribution in [2.45, 2.75) is 26.3 Å². The first-order chi connectivity index (χ1) is 8.72. The molecule has 0 bridgehead atoms. The molecule has 18 heavy (non-hydrogen) atoms. The zero-order chi connectivity index (χ0) is 13.0. The Bertz CT molecular complexity index is 534. The molecule has 1 aromatic heterocycles. The lowest BCUT2D eigenvalue weighted by molar-refractivity contribution is 0.0689. The summed E-state index contributed by atoms with van der Waals surface area (Å²) in [6.07, 6.45) is 1.43. The molecule has 0 unspecified atom stereocenters. The van der Waals surface area contributed by atoms with Crippen LogP contribution < -0.4 is 0 Å². The number of nitrogens with zero attached hydrogens (tertiary/aromatic N) is 3. The molecule has 0 aliphatic carbocycles. The van der Waals surface area contributed by atoms with Gasteiger partial charge in [0.05, 0.1) is 5.69 Å². The van der Waals surface area contributed by atoms with E-state index >= 15 is 0 Å². The van der Waals surface area contributed by atoms with E-state index in [0.717, 1.165) is 6.42 Å². The topological polar surface area (TPSA) is 68.0 Å². The normalized spacial score (nSPS) is 10.5. The van der Waals surface area contributed by atoms with Gasteiger partial charge in [-0.1, -0.05) is 42.5 Å². The summed E-state index contributed by atoms with van der Waals surface area (Å²) < 4.78 is 1.68. The first-order valence-electron chi connectivity index (χ1n) is 5.92. The summed E-state index contributed by atoms with van der Waals surface area (Å²) in [6.45, 7) is 2.55. The number of carboxylic acids is 1. The molecule has 0 saturated carbocycles. The van der Waals surface area contributed by atoms with Crippen LogP contribution >= 0.6 is 0 Å². The van der Waals surface area contributed by atoms with Gasteiger partial charge in [-0.3, -0.25) is 0 Å². The number of rotatable bonds is 5. The minimum Gasteiger partial charge on any atom is -0.476 e. The van der Waals surface area contributed by atoms with Crippen molar-refractivity contribution < 1.29 is 9.90 Å². The van der Waals surface area contributed by atoms with Crippen LogP contribution in [-0.4, -0.2) is 26.1 Å². The fraction of sp³-hybridized carbons (Fsp3) is 0.308. The lowest BCUT2D eigenvalue weighted by Gasteiger charge is -2.05. The minimum absolute atomic E-state index is 0.0607. The predicted octanol–water partition coefficient (Wildman–Crippen LogP) is 1.78. The number of hydrogen-bond acceptors (Lipinski definition) is 3. The van der Waals surface area contributed by atoms with Crippen molar-refractivity contribution >= 4 is 5.97 Å². The van der Waals surface area contributed by atoms with Crippen molar-refractivity contribution in [1.29, 1.82) is 0 Å². The van der Waals surface area contributed by atoms with Crippen molar-refractivity contribution in [3.8, 4) is 0 Å². The molecule has 1 N–H and O–H groups in total. The second-order valence-corrected chi connectivity index (χ2v) is 4.00. The molecule has 0 spiro atoms. The Labute approximate surface area is 105 Å². The van der Waals surface area contributed by atoms with Gasteiger partial charge >= 0.3 is 5.97 Å². The zero-order valence-electron chi connectivity index (χ0n) is 10.2. The maximum atomic E-state index is 11.0. The molecule has 0 aliphatic heterocycles. The largest absolute Gasteiger partial charge is 0.476 e. The fourth-order valence-corrected chi connectivity index (χ4v) is 1.91. The van der Waals surface area contributed by atoms with Gasteiger partial charge in [0.15, 0.2) is 5.69 Å². The molecule has 0 amide bonds. The highest BCUT2D eigenvalue weighted by Crippen LogP contribution is 2.08. The van der Waals surface area contributed by atoms with Gasteiger partial charge in [-0.2, -0.15) is 0 Å². The van der Waals surface area contributed by atoms with Crippen molar-refractivity contribution in [1.82, 2.24) is 15.0 Å². The molecule has 2 rings (SSSR count). The molecule has 5 nitrogen and oxygen atoms in total. The SMILES string of the molecule is CCc1c(C(=O)O)nnn1CCc1ccccc1. The van der Waals surface area contributed by atoms with Crippen molar-refractivity contribution in [3.05, 3.63) is 47.3 Å². The fourth-order valence-electron chi connectivity index (χ4n) is 1.91. The Hall–Kier alpha value is -2.17. The Balaban J connectivity index is 2.12. The molecule has 0 saturated heterocycles. The Morgan fingerprint density at radius 3 is 2.67 bits per heavy atom. The average molecular weight is 245 g/mol. The molecule has 0 fully saturated rings. The average Bonchev–Trinajstić information content (AvgIpc) is 2.80. The highest BCUT2D eigenvalue weighted by Gasteiger charge is 2.16. The summed E-state index contributed by atoms with van der Waals surface area (Å²) in [5.41, 5.74) is 1.94. The van der Waals surface area contributed by atoms with Crippen LogP contribution in [0.15, 0.2) is 30.3 Å². The zero-order valence-corrected chi connectivity index (χ0v) is 10.2. The number of hydrogen-bond donors (Lipinski definition) is 1. The van der Waals surface area contributed by atoms with Crippen LogP contribution in [0.4, 0.5) is 0 Å². The van der Waals surface area contributed by atoms with Crippen LogP contribution in [0, 0.1) is 0 Å². The molecule has 0 atom stereocenters. The van der Waals surface area contributed by atoms with E-state index in [1.54, 1.807) is 4.68 Å². The first kappa shape index (κ1) is 12.3. The second kappa shape index (κ2) is 5.44. The highest BCUT2D eigenvalue weighted by molar-refractivity contribution is 5.86. The van der Waals surface area contributed by atoms with Crippen LogP contribution in [0.3, 0.4) is 0 Å². The van der Waals surface area contributed by atoms with E-state index in [2.05, 4.69) is 10.3 Å². The Morgan fingerprint density at radius 1 is 1.33 bits per heavy atom. The van der Waals surface area contributed by atoms with Gasteiger partial charge in [0.1, 0.15) is 0 Å². The lowest BCUT2D eigenvalue weighted by Crippen LogP contribution is -2.09. The third-order valence-corrected chi connectivity index (χ3v) is 2.83. The quantitative estimate of drug-likeness (QED) is 0.871. The van der Waals surface area contributed by atoms with E-state index in [-0.39, 0.29) is 5.69 Å². The minimum atomic E-state index is -1.02. The summed E-state index contributed by atoms with van der Waals surface area (Å²) in [6, 6.07) is 10.0. The van der Waals surface area contributed by atoms with Crippen LogP contribution in [-0.2, 0) is 19.4 Å². The molecule has 2 aromatic rings. The molecule has 5 heteroatoms. The number of aromatic nitrogens is 3. The Morgan fingerprint density at radius 2 is 2.06 bits per heavy atom. The van der Waals surface area contributed by atoms with E-state index in [0.29, 0.717) is 18.7 Å². The number of benzene rings is 1. The summed E-state index contributed by atoms with van der Waals surface area (Å²) in [5, 5.41) is 16.6. The smallest absolute Gasteiger partial charge is 0.358 e. The highest BCUT2D eigenvalue weighted by atomic mass is 16.4. The van der Waals surface area contributed by atoms with Crippen LogP contribution in [0.2, 0.25) is 0 Å². The van der Waals surface area contributed by atoms with Gasteiger partial charge in [-0.25, -0.2) is 9.48 Å². The third-order valence-electron chi connectivity index (χ3n) is 2.83. The molecule has 94 valence electrons. The maximum absolute atomic E-state index is 11.0. The summed E-state index contributed by atoms with van der Waals surface area (Å²) >= 11 is 0. The Kier molecular flexibility index (Phi) is 3.72. The third kappa shape index (κ3) is 2.56. The van der Waals surface area contributed by atoms with E-state index in [9.17, 15) is 4.79 Å². The van der Waals surface area contributed by atoms with E-state index in [4.69, 9.17) is 5.11 Å². The monoisotopic (exact) mass is 245 g/mol. The number of carbonyl (C=O) groups is 1. The predicted molar refractivity (Wildman–Crippen MR) is 66.5 cm³/mol. The van der Waals surface area contributed by atoms with Crippen LogP contribution in [0.5, 0.6) is 0 Å². The summed E-state index contributed by atoms with van der Waals surface area (Å²) in [4.78, 5) is 11.0. The summed E-state index contributed by atoms with van der Waals surface area (Å²) in [7, 11) is 0. The molecule has 0 aliphatic rings. The van der Waals surface area contributed by atoms with Gasteiger partial charge in [0.2, 0.25) is 0 Å². The van der Waals surface area contributed by atoms with Crippen molar-refractivity contribution in [2.24, 2.45) is 0 Å². The van der Waals surface area contributed by atoms with E-state index in [1.165, 1.54) is 5.56 Å². The standard InChI is InChI=1S/C13H15N3O2/c1-2-11-12(13(17)18)14-15-16(11)9-8-10-6-4-3-5-7-10/h3-7H,2,8-9H2,1H3,(H,17,18). The van der Waals surface area contributed by atoms with Gasteiger partial charge < -0.3 is 5.11 Å². The molecule has 0 radical (unpaired) electrons. The maximum Gasteiger partial charge on any atom is 0.358 e. The van der Waals surface area contributed by atoms with Crippen LogP contribution in [0.25, 0.3) is 0 Å². The molecular formula is C13H15N3O2. The lowest BCUT2D eigenvalue weighted by atomic mass is 10.1. The number of aryl methyl sites for hydroxylation is 2. The van der Waals surface area contributed by atoms with Gasteiger partial charge in [0, 0.05) is 6.54 Å². The van der Waals surface area contributed by atoms with Gasteiger partial charge in [0.25, 0.3) is 0 Å².